The first-order valence-corrected chi connectivity index (χ1v) is 7.56. The van der Waals surface area contributed by atoms with Crippen LogP contribution in [0, 0.1) is 5.41 Å². The van der Waals surface area contributed by atoms with E-state index in [0.29, 0.717) is 5.41 Å². The van der Waals surface area contributed by atoms with Crippen LogP contribution in [0.15, 0.2) is 18.3 Å². The molecule has 1 aliphatic heterocycles. The maximum absolute atomic E-state index is 4.27. The lowest BCUT2D eigenvalue weighted by Gasteiger charge is -2.41. The first-order chi connectivity index (χ1) is 9.21. The van der Waals surface area contributed by atoms with Gasteiger partial charge in [-0.3, -0.25) is 4.90 Å². The number of likely N-dealkylation sites (tertiary alicyclic amines) is 1. The Hall–Kier alpha value is -1.09. The molecule has 0 saturated carbocycles. The Kier molecular flexibility index (Phi) is 4.81. The number of nitrogens with zero attached hydrogens (tertiary/aromatic N) is 2. The molecule has 0 aliphatic carbocycles. The van der Waals surface area contributed by atoms with Crippen LogP contribution in [0.3, 0.4) is 0 Å². The standard InChI is InChI=1S/C16H27N3/c1-4-16(5-2)7-10-19(11-8-16)13-14-6-9-18-15(12-14)17-3/h6,9,12H,4-5,7-8,10-11,13H2,1-3H3,(H,17,18). The van der Waals surface area contributed by atoms with Crippen LogP contribution in [-0.2, 0) is 6.54 Å². The Labute approximate surface area is 117 Å². The summed E-state index contributed by atoms with van der Waals surface area (Å²) in [6, 6.07) is 4.28. The van der Waals surface area contributed by atoms with Gasteiger partial charge in [-0.15, -0.1) is 0 Å². The van der Waals surface area contributed by atoms with Crippen LogP contribution in [0.25, 0.3) is 0 Å². The third kappa shape index (κ3) is 3.47. The maximum Gasteiger partial charge on any atom is 0.125 e. The van der Waals surface area contributed by atoms with E-state index in [1.807, 2.05) is 13.2 Å². The Bertz CT molecular complexity index is 389. The fourth-order valence-electron chi connectivity index (χ4n) is 3.11. The summed E-state index contributed by atoms with van der Waals surface area (Å²) in [5.41, 5.74) is 1.98. The fraction of sp³-hybridized carbons (Fsp3) is 0.688. The predicted octanol–water partition coefficient (Wildman–Crippen LogP) is 3.53. The van der Waals surface area contributed by atoms with Crippen molar-refractivity contribution in [2.75, 3.05) is 25.5 Å². The number of piperidine rings is 1. The van der Waals surface area contributed by atoms with E-state index in [2.05, 4.69) is 41.2 Å². The van der Waals surface area contributed by atoms with E-state index >= 15 is 0 Å². The van der Waals surface area contributed by atoms with Crippen molar-refractivity contribution in [2.45, 2.75) is 46.1 Å². The van der Waals surface area contributed by atoms with Gasteiger partial charge in [0.1, 0.15) is 5.82 Å². The lowest BCUT2D eigenvalue weighted by atomic mass is 9.74. The Balaban J connectivity index is 1.91. The van der Waals surface area contributed by atoms with Crippen molar-refractivity contribution in [3.8, 4) is 0 Å². The summed E-state index contributed by atoms with van der Waals surface area (Å²) in [7, 11) is 1.92. The molecular weight excluding hydrogens is 234 g/mol. The molecule has 1 aliphatic rings. The molecule has 1 aromatic heterocycles. The quantitative estimate of drug-likeness (QED) is 0.879. The largest absolute Gasteiger partial charge is 0.373 e. The van der Waals surface area contributed by atoms with Gasteiger partial charge in [0.2, 0.25) is 0 Å². The fourth-order valence-corrected chi connectivity index (χ4v) is 3.11. The lowest BCUT2D eigenvalue weighted by molar-refractivity contribution is 0.0909. The van der Waals surface area contributed by atoms with Crippen molar-refractivity contribution in [1.29, 1.82) is 0 Å². The van der Waals surface area contributed by atoms with Crippen LogP contribution in [0.5, 0.6) is 0 Å². The molecule has 1 saturated heterocycles. The van der Waals surface area contributed by atoms with Gasteiger partial charge >= 0.3 is 0 Å². The lowest BCUT2D eigenvalue weighted by Crippen LogP contribution is -2.39. The molecule has 106 valence electrons. The highest BCUT2D eigenvalue weighted by Crippen LogP contribution is 2.38. The molecule has 0 unspecified atom stereocenters. The van der Waals surface area contributed by atoms with E-state index in [-0.39, 0.29) is 0 Å². The molecule has 0 radical (unpaired) electrons. The number of aromatic nitrogens is 1. The minimum atomic E-state index is 0.616. The first-order valence-electron chi connectivity index (χ1n) is 7.56. The van der Waals surface area contributed by atoms with E-state index < -0.39 is 0 Å². The molecule has 0 spiro atoms. The minimum Gasteiger partial charge on any atom is -0.373 e. The van der Waals surface area contributed by atoms with E-state index in [1.165, 1.54) is 44.3 Å². The van der Waals surface area contributed by atoms with Crippen LogP contribution in [-0.4, -0.2) is 30.0 Å². The molecule has 0 amide bonds. The SMILES string of the molecule is CCC1(CC)CCN(Cc2ccnc(NC)c2)CC1. The number of anilines is 1. The zero-order chi connectivity index (χ0) is 13.7. The number of hydrogen-bond acceptors (Lipinski definition) is 3. The van der Waals surface area contributed by atoms with E-state index in [0.717, 1.165) is 12.4 Å². The third-order valence-corrected chi connectivity index (χ3v) is 4.90. The molecule has 2 rings (SSSR count). The maximum atomic E-state index is 4.27. The first kappa shape index (κ1) is 14.3. The Morgan fingerprint density at radius 3 is 2.53 bits per heavy atom. The van der Waals surface area contributed by atoms with Crippen molar-refractivity contribution >= 4 is 5.82 Å². The summed E-state index contributed by atoms with van der Waals surface area (Å²) in [6.07, 6.45) is 7.26. The van der Waals surface area contributed by atoms with Gasteiger partial charge in [0.15, 0.2) is 0 Å². The van der Waals surface area contributed by atoms with Crippen LogP contribution in [0.2, 0.25) is 0 Å². The van der Waals surface area contributed by atoms with Gasteiger partial charge < -0.3 is 5.32 Å². The summed E-state index contributed by atoms with van der Waals surface area (Å²) < 4.78 is 0. The number of rotatable bonds is 5. The summed E-state index contributed by atoms with van der Waals surface area (Å²) in [5.74, 6) is 0.964. The second-order valence-electron chi connectivity index (χ2n) is 5.78. The van der Waals surface area contributed by atoms with Crippen LogP contribution in [0.4, 0.5) is 5.82 Å². The van der Waals surface area contributed by atoms with Gasteiger partial charge in [-0.25, -0.2) is 4.98 Å². The molecule has 3 heteroatoms. The summed E-state index contributed by atoms with van der Waals surface area (Å²) >= 11 is 0. The highest BCUT2D eigenvalue weighted by atomic mass is 15.1. The minimum absolute atomic E-state index is 0.616. The van der Waals surface area contributed by atoms with Crippen molar-refractivity contribution in [1.82, 2.24) is 9.88 Å². The Morgan fingerprint density at radius 2 is 1.95 bits per heavy atom. The highest BCUT2D eigenvalue weighted by Gasteiger charge is 2.30. The van der Waals surface area contributed by atoms with Gasteiger partial charge in [-0.05, 0) is 49.0 Å². The molecule has 0 atom stereocenters. The zero-order valence-electron chi connectivity index (χ0n) is 12.6. The van der Waals surface area contributed by atoms with Crippen molar-refractivity contribution < 1.29 is 0 Å². The van der Waals surface area contributed by atoms with E-state index in [9.17, 15) is 0 Å². The molecule has 3 nitrogen and oxygen atoms in total. The number of nitrogens with one attached hydrogen (secondary N) is 1. The summed E-state index contributed by atoms with van der Waals surface area (Å²) in [5, 5.41) is 3.11. The molecule has 1 aromatic rings. The second kappa shape index (κ2) is 6.38. The van der Waals surface area contributed by atoms with Crippen molar-refractivity contribution in [3.63, 3.8) is 0 Å². The molecular formula is C16H27N3. The van der Waals surface area contributed by atoms with Gasteiger partial charge in [0, 0.05) is 19.8 Å². The summed E-state index contributed by atoms with van der Waals surface area (Å²) in [4.78, 5) is 6.85. The topological polar surface area (TPSA) is 28.2 Å². The normalized spacial score (nSPS) is 19.3. The average molecular weight is 261 g/mol. The van der Waals surface area contributed by atoms with Gasteiger partial charge in [0.05, 0.1) is 0 Å². The van der Waals surface area contributed by atoms with Gasteiger partial charge in [-0.1, -0.05) is 26.7 Å². The molecule has 19 heavy (non-hydrogen) atoms. The molecule has 0 bridgehead atoms. The Morgan fingerprint density at radius 1 is 1.26 bits per heavy atom. The van der Waals surface area contributed by atoms with E-state index in [4.69, 9.17) is 0 Å². The van der Waals surface area contributed by atoms with Crippen LogP contribution in [0.1, 0.15) is 45.1 Å². The van der Waals surface area contributed by atoms with Gasteiger partial charge in [0.25, 0.3) is 0 Å². The zero-order valence-corrected chi connectivity index (χ0v) is 12.6. The van der Waals surface area contributed by atoms with E-state index in [1.54, 1.807) is 0 Å². The second-order valence-corrected chi connectivity index (χ2v) is 5.78. The van der Waals surface area contributed by atoms with Crippen LogP contribution < -0.4 is 5.32 Å². The molecule has 1 N–H and O–H groups in total. The monoisotopic (exact) mass is 261 g/mol. The van der Waals surface area contributed by atoms with Crippen LogP contribution >= 0.6 is 0 Å². The van der Waals surface area contributed by atoms with Crippen molar-refractivity contribution in [2.24, 2.45) is 5.41 Å². The third-order valence-electron chi connectivity index (χ3n) is 4.90. The smallest absolute Gasteiger partial charge is 0.125 e. The molecule has 2 heterocycles. The van der Waals surface area contributed by atoms with Crippen molar-refractivity contribution in [3.05, 3.63) is 23.9 Å². The van der Waals surface area contributed by atoms with Gasteiger partial charge in [-0.2, -0.15) is 0 Å². The average Bonchev–Trinajstić information content (AvgIpc) is 2.48. The highest BCUT2D eigenvalue weighted by molar-refractivity contribution is 5.36. The molecule has 1 fully saturated rings. The molecule has 0 aromatic carbocycles. The predicted molar refractivity (Wildman–Crippen MR) is 81.3 cm³/mol. The number of hydrogen-bond donors (Lipinski definition) is 1. The summed E-state index contributed by atoms with van der Waals surface area (Å²) in [6.45, 7) is 8.22. The number of pyridine rings is 1.